The highest BCUT2D eigenvalue weighted by molar-refractivity contribution is 7.88. The lowest BCUT2D eigenvalue weighted by atomic mass is 9.98. The minimum Gasteiger partial charge on any atom is -0.465 e. The first-order chi connectivity index (χ1) is 18.6. The average molecular weight is 562 g/mol. The molecular weight excluding hydrogens is 514 g/mol. The summed E-state index contributed by atoms with van der Waals surface area (Å²) in [6.45, 7) is 13.2. The Hall–Kier alpha value is -2.40. The molecule has 0 spiro atoms. The van der Waals surface area contributed by atoms with Gasteiger partial charge in [-0.25, -0.2) is 13.4 Å². The fourth-order valence-corrected chi connectivity index (χ4v) is 6.16. The van der Waals surface area contributed by atoms with Gasteiger partial charge in [0.05, 0.1) is 12.8 Å². The molecular formula is C29H47N5O4S. The number of likely N-dealkylation sites (tertiary alicyclic amines) is 1. The fraction of sp³-hybridized carbons (Fsp3) is 0.621. The van der Waals surface area contributed by atoms with Crippen LogP contribution in [0.15, 0.2) is 64.4 Å². The molecule has 3 heterocycles. The van der Waals surface area contributed by atoms with Crippen LogP contribution in [0.3, 0.4) is 0 Å². The van der Waals surface area contributed by atoms with Gasteiger partial charge in [-0.2, -0.15) is 0 Å². The quantitative estimate of drug-likeness (QED) is 0.240. The van der Waals surface area contributed by atoms with Crippen molar-refractivity contribution in [1.29, 1.82) is 0 Å². The van der Waals surface area contributed by atoms with Crippen molar-refractivity contribution >= 4 is 15.9 Å². The number of aliphatic hydroxyl groups is 1. The third-order valence-electron chi connectivity index (χ3n) is 7.55. The maximum atomic E-state index is 11.4. The average Bonchev–Trinajstić information content (AvgIpc) is 2.90. The van der Waals surface area contributed by atoms with Crippen LogP contribution >= 0.6 is 0 Å². The number of ether oxygens (including phenoxy) is 1. The Morgan fingerprint density at radius 1 is 1.23 bits per heavy atom. The van der Waals surface area contributed by atoms with Gasteiger partial charge < -0.3 is 14.7 Å². The molecule has 0 aromatic carbocycles. The monoisotopic (exact) mass is 561 g/mol. The lowest BCUT2D eigenvalue weighted by molar-refractivity contribution is 0.0310. The minimum atomic E-state index is -3.35. The second-order valence-corrected chi connectivity index (χ2v) is 12.3. The van der Waals surface area contributed by atoms with E-state index in [0.29, 0.717) is 23.6 Å². The summed E-state index contributed by atoms with van der Waals surface area (Å²) in [5.74, 6) is 2.62. The molecule has 2 fully saturated rings. The van der Waals surface area contributed by atoms with E-state index in [-0.39, 0.29) is 6.61 Å². The standard InChI is InChI=1S/C29H47N5O4S/c1-6-8-9-10-25-11-12-28(38-24(25)4)21-32-15-13-27(14-16-32)34-18-17-33(20-26(34)7-2)29(22-35)30-19-23(3)31-39(5,36)37/h6,8-10,12,19,26-27,31,35H,7,11,13-18,20-22H2,1-5H3/b8-6-,10-9-,23-19+,30-29?. The Morgan fingerprint density at radius 3 is 2.59 bits per heavy atom. The molecule has 0 aliphatic carbocycles. The van der Waals surface area contributed by atoms with E-state index in [4.69, 9.17) is 4.74 Å². The van der Waals surface area contributed by atoms with E-state index in [0.717, 1.165) is 82.7 Å². The van der Waals surface area contributed by atoms with Crippen LogP contribution in [-0.2, 0) is 14.8 Å². The number of hydrogen-bond acceptors (Lipinski definition) is 7. The van der Waals surface area contributed by atoms with Crippen LogP contribution in [0.1, 0.15) is 53.4 Å². The first-order valence-corrected chi connectivity index (χ1v) is 15.9. The topological polar surface area (TPSA) is 97.7 Å². The van der Waals surface area contributed by atoms with Gasteiger partial charge in [-0.3, -0.25) is 14.5 Å². The molecule has 0 saturated carbocycles. The van der Waals surface area contributed by atoms with Crippen LogP contribution < -0.4 is 4.72 Å². The number of sulfonamides is 1. The van der Waals surface area contributed by atoms with Gasteiger partial charge in [0, 0.05) is 56.7 Å². The summed E-state index contributed by atoms with van der Waals surface area (Å²) in [7, 11) is -3.35. The zero-order chi connectivity index (χ0) is 28.4. The van der Waals surface area contributed by atoms with Crippen molar-refractivity contribution in [3.05, 3.63) is 59.4 Å². The lowest BCUT2D eigenvalue weighted by Crippen LogP contribution is -2.59. The number of nitrogens with zero attached hydrogens (tertiary/aromatic N) is 4. The van der Waals surface area contributed by atoms with E-state index in [2.05, 4.69) is 56.5 Å². The highest BCUT2D eigenvalue weighted by Gasteiger charge is 2.34. The van der Waals surface area contributed by atoms with E-state index in [1.807, 2.05) is 19.1 Å². The summed E-state index contributed by atoms with van der Waals surface area (Å²) in [6, 6.07) is 0.938. The fourth-order valence-electron chi connectivity index (χ4n) is 5.53. The molecule has 0 radical (unpaired) electrons. The second kappa shape index (κ2) is 14.8. The van der Waals surface area contributed by atoms with E-state index in [1.54, 1.807) is 6.92 Å². The minimum absolute atomic E-state index is 0.183. The Labute approximate surface area is 235 Å². The van der Waals surface area contributed by atoms with Gasteiger partial charge in [0.2, 0.25) is 10.0 Å². The van der Waals surface area contributed by atoms with Crippen molar-refractivity contribution in [2.75, 3.05) is 52.1 Å². The predicted octanol–water partition coefficient (Wildman–Crippen LogP) is 3.36. The van der Waals surface area contributed by atoms with E-state index in [9.17, 15) is 13.5 Å². The molecule has 9 nitrogen and oxygen atoms in total. The van der Waals surface area contributed by atoms with Gasteiger partial charge in [0.1, 0.15) is 24.0 Å². The van der Waals surface area contributed by atoms with Crippen molar-refractivity contribution in [2.45, 2.75) is 65.5 Å². The Morgan fingerprint density at radius 2 is 1.97 bits per heavy atom. The molecule has 0 bridgehead atoms. The lowest BCUT2D eigenvalue weighted by Gasteiger charge is -2.48. The third kappa shape index (κ3) is 9.63. The number of rotatable bonds is 10. The third-order valence-corrected chi connectivity index (χ3v) is 8.24. The van der Waals surface area contributed by atoms with Gasteiger partial charge in [0.15, 0.2) is 0 Å². The SMILES string of the molecule is C/C=C\C=C/C1=C(C)OC(CN2CCC(N3CCN(C(CO)=N/C=C(\C)NS(C)(=O)=O)CC3CC)CC2)=CC1. The van der Waals surface area contributed by atoms with Crippen LogP contribution in [0.2, 0.25) is 0 Å². The summed E-state index contributed by atoms with van der Waals surface area (Å²) >= 11 is 0. The Kier molecular flexibility index (Phi) is 11.8. The Bertz CT molecular complexity index is 1110. The molecule has 218 valence electrons. The number of aliphatic hydroxyl groups excluding tert-OH is 1. The van der Waals surface area contributed by atoms with Gasteiger partial charge in [-0.05, 0) is 58.1 Å². The van der Waals surface area contributed by atoms with Crippen LogP contribution in [-0.4, -0.2) is 98.3 Å². The molecule has 10 heteroatoms. The van der Waals surface area contributed by atoms with Crippen molar-refractivity contribution in [1.82, 2.24) is 19.4 Å². The van der Waals surface area contributed by atoms with Crippen molar-refractivity contribution in [2.24, 2.45) is 4.99 Å². The predicted molar refractivity (Wildman–Crippen MR) is 159 cm³/mol. The van der Waals surface area contributed by atoms with Gasteiger partial charge in [0.25, 0.3) is 0 Å². The van der Waals surface area contributed by atoms with E-state index >= 15 is 0 Å². The number of nitrogens with one attached hydrogen (secondary N) is 1. The molecule has 0 aromatic heterocycles. The molecule has 0 aromatic rings. The maximum Gasteiger partial charge on any atom is 0.229 e. The smallest absolute Gasteiger partial charge is 0.229 e. The zero-order valence-corrected chi connectivity index (χ0v) is 25.1. The van der Waals surface area contributed by atoms with Crippen molar-refractivity contribution in [3.8, 4) is 0 Å². The largest absolute Gasteiger partial charge is 0.465 e. The molecule has 1 unspecified atom stereocenters. The van der Waals surface area contributed by atoms with Crippen molar-refractivity contribution in [3.63, 3.8) is 0 Å². The highest BCUT2D eigenvalue weighted by atomic mass is 32.2. The molecule has 2 N–H and O–H groups in total. The number of allylic oxidation sites excluding steroid dienone is 8. The van der Waals surface area contributed by atoms with Crippen LogP contribution in [0, 0.1) is 0 Å². The normalized spacial score (nSPS) is 23.6. The number of aliphatic imine (C=N–C) groups is 1. The summed E-state index contributed by atoms with van der Waals surface area (Å²) in [5, 5.41) is 9.96. The molecule has 3 aliphatic rings. The summed E-state index contributed by atoms with van der Waals surface area (Å²) in [5.41, 5.74) is 1.65. The van der Waals surface area contributed by atoms with Gasteiger partial charge >= 0.3 is 0 Å². The molecule has 3 rings (SSSR count). The molecule has 3 aliphatic heterocycles. The van der Waals surface area contributed by atoms with Crippen LogP contribution in [0.4, 0.5) is 0 Å². The molecule has 2 saturated heterocycles. The molecule has 0 amide bonds. The summed E-state index contributed by atoms with van der Waals surface area (Å²) in [6.07, 6.45) is 17.2. The van der Waals surface area contributed by atoms with E-state index < -0.39 is 10.0 Å². The van der Waals surface area contributed by atoms with Gasteiger partial charge in [-0.1, -0.05) is 31.2 Å². The van der Waals surface area contributed by atoms with Crippen LogP contribution in [0.25, 0.3) is 0 Å². The summed E-state index contributed by atoms with van der Waals surface area (Å²) in [4.78, 5) is 11.7. The maximum absolute atomic E-state index is 11.4. The highest BCUT2D eigenvalue weighted by Crippen LogP contribution is 2.27. The first-order valence-electron chi connectivity index (χ1n) is 14.0. The molecule has 1 atom stereocenters. The number of amidine groups is 1. The molecule has 39 heavy (non-hydrogen) atoms. The number of hydrogen-bond donors (Lipinski definition) is 2. The van der Waals surface area contributed by atoms with E-state index in [1.165, 1.54) is 11.8 Å². The second-order valence-electron chi connectivity index (χ2n) is 10.6. The first kappa shape index (κ1) is 31.1. The van der Waals surface area contributed by atoms with Crippen LogP contribution in [0.5, 0.6) is 0 Å². The zero-order valence-electron chi connectivity index (χ0n) is 24.3. The number of piperidine rings is 1. The summed E-state index contributed by atoms with van der Waals surface area (Å²) < 4.78 is 31.4. The van der Waals surface area contributed by atoms with Gasteiger partial charge in [-0.15, -0.1) is 0 Å². The number of piperazine rings is 1. The Balaban J connectivity index is 1.51. The van der Waals surface area contributed by atoms with Crippen molar-refractivity contribution < 1.29 is 18.3 Å².